The SMILES string of the molecule is COc1ccc([C@H]2CCCN2C(=O)c2nn(-c3ccccc3)cc2OC)c(OC)c1. The minimum atomic E-state index is -0.151. The molecule has 4 rings (SSSR count). The van der Waals surface area contributed by atoms with E-state index in [2.05, 4.69) is 5.10 Å². The number of ether oxygens (including phenoxy) is 3. The molecule has 1 atom stereocenters. The number of rotatable bonds is 6. The van der Waals surface area contributed by atoms with E-state index in [4.69, 9.17) is 14.2 Å². The Balaban J connectivity index is 1.67. The molecule has 2 heterocycles. The van der Waals surface area contributed by atoms with Crippen molar-refractivity contribution in [1.29, 1.82) is 0 Å². The minimum absolute atomic E-state index is 0.0927. The van der Waals surface area contributed by atoms with Gasteiger partial charge < -0.3 is 19.1 Å². The Morgan fingerprint density at radius 3 is 2.47 bits per heavy atom. The van der Waals surface area contributed by atoms with Crippen molar-refractivity contribution in [3.8, 4) is 22.9 Å². The largest absolute Gasteiger partial charge is 0.497 e. The highest BCUT2D eigenvalue weighted by Crippen LogP contribution is 2.40. The van der Waals surface area contributed by atoms with Crippen molar-refractivity contribution in [2.24, 2.45) is 0 Å². The van der Waals surface area contributed by atoms with Crippen molar-refractivity contribution in [2.75, 3.05) is 27.9 Å². The molecule has 0 radical (unpaired) electrons. The van der Waals surface area contributed by atoms with E-state index in [1.54, 1.807) is 32.2 Å². The van der Waals surface area contributed by atoms with E-state index in [-0.39, 0.29) is 11.9 Å². The van der Waals surface area contributed by atoms with Crippen LogP contribution in [0, 0.1) is 0 Å². The Kier molecular flexibility index (Phi) is 5.61. The minimum Gasteiger partial charge on any atom is -0.497 e. The van der Waals surface area contributed by atoms with Crippen LogP contribution in [0.2, 0.25) is 0 Å². The summed E-state index contributed by atoms with van der Waals surface area (Å²) in [5, 5.41) is 4.54. The van der Waals surface area contributed by atoms with Gasteiger partial charge in [0.2, 0.25) is 0 Å². The summed E-state index contributed by atoms with van der Waals surface area (Å²) in [7, 11) is 4.80. The summed E-state index contributed by atoms with van der Waals surface area (Å²) in [4.78, 5) is 15.3. The Hall–Kier alpha value is -3.48. The third-order valence-corrected chi connectivity index (χ3v) is 5.44. The predicted molar refractivity (Wildman–Crippen MR) is 113 cm³/mol. The van der Waals surface area contributed by atoms with E-state index in [9.17, 15) is 4.79 Å². The van der Waals surface area contributed by atoms with Crippen LogP contribution in [0.4, 0.5) is 0 Å². The molecular weight excluding hydrogens is 382 g/mol. The molecular formula is C23H25N3O4. The molecule has 3 aromatic rings. The number of hydrogen-bond donors (Lipinski definition) is 0. The number of para-hydroxylation sites is 1. The summed E-state index contributed by atoms with van der Waals surface area (Å²) in [6, 6.07) is 15.3. The van der Waals surface area contributed by atoms with E-state index < -0.39 is 0 Å². The van der Waals surface area contributed by atoms with E-state index >= 15 is 0 Å². The second kappa shape index (κ2) is 8.49. The first-order valence-corrected chi connectivity index (χ1v) is 9.88. The zero-order valence-electron chi connectivity index (χ0n) is 17.4. The van der Waals surface area contributed by atoms with Gasteiger partial charge in [0.1, 0.15) is 11.5 Å². The summed E-state index contributed by atoms with van der Waals surface area (Å²) >= 11 is 0. The van der Waals surface area contributed by atoms with Gasteiger partial charge >= 0.3 is 0 Å². The zero-order chi connectivity index (χ0) is 21.1. The number of carbonyl (C=O) groups is 1. The van der Waals surface area contributed by atoms with Gasteiger partial charge in [-0.1, -0.05) is 18.2 Å². The molecule has 1 saturated heterocycles. The fourth-order valence-corrected chi connectivity index (χ4v) is 3.93. The average Bonchev–Trinajstić information content (AvgIpc) is 3.46. The molecule has 7 heteroatoms. The van der Waals surface area contributed by atoms with Gasteiger partial charge in [0.05, 0.1) is 39.3 Å². The standard InChI is InChI=1S/C23H25N3O4/c1-28-17-11-12-18(20(14-17)29-2)19-10-7-13-25(19)23(27)22-21(30-3)15-26(24-22)16-8-5-4-6-9-16/h4-6,8-9,11-12,14-15,19H,7,10,13H2,1-3H3/t19-/m1/s1. The van der Waals surface area contributed by atoms with Crippen LogP contribution < -0.4 is 14.2 Å². The van der Waals surface area contributed by atoms with Gasteiger partial charge in [-0.2, -0.15) is 5.10 Å². The lowest BCUT2D eigenvalue weighted by Crippen LogP contribution is -2.31. The van der Waals surface area contributed by atoms with Crippen molar-refractivity contribution in [3.63, 3.8) is 0 Å². The normalized spacial score (nSPS) is 15.8. The molecule has 30 heavy (non-hydrogen) atoms. The van der Waals surface area contributed by atoms with Crippen LogP contribution in [-0.2, 0) is 0 Å². The summed E-state index contributed by atoms with van der Waals surface area (Å²) in [5.74, 6) is 1.73. The fraction of sp³-hybridized carbons (Fsp3) is 0.304. The monoisotopic (exact) mass is 407 g/mol. The molecule has 156 valence electrons. The van der Waals surface area contributed by atoms with E-state index in [1.807, 2.05) is 53.4 Å². The Bertz CT molecular complexity index is 1030. The lowest BCUT2D eigenvalue weighted by molar-refractivity contribution is 0.0724. The Morgan fingerprint density at radius 1 is 1.00 bits per heavy atom. The molecule has 0 spiro atoms. The maximum absolute atomic E-state index is 13.5. The van der Waals surface area contributed by atoms with Crippen LogP contribution in [-0.4, -0.2) is 48.5 Å². The molecule has 7 nitrogen and oxygen atoms in total. The maximum Gasteiger partial charge on any atom is 0.278 e. The van der Waals surface area contributed by atoms with E-state index in [0.29, 0.717) is 23.7 Å². The van der Waals surface area contributed by atoms with Crippen LogP contribution in [0.15, 0.2) is 54.7 Å². The molecule has 0 unspecified atom stereocenters. The fourth-order valence-electron chi connectivity index (χ4n) is 3.93. The topological polar surface area (TPSA) is 65.8 Å². The van der Waals surface area contributed by atoms with Crippen LogP contribution in [0.3, 0.4) is 0 Å². The number of aromatic nitrogens is 2. The van der Waals surface area contributed by atoms with Crippen molar-refractivity contribution in [2.45, 2.75) is 18.9 Å². The summed E-state index contributed by atoms with van der Waals surface area (Å²) in [6.07, 6.45) is 3.51. The Morgan fingerprint density at radius 2 is 1.77 bits per heavy atom. The van der Waals surface area contributed by atoms with Gasteiger partial charge in [0.15, 0.2) is 11.4 Å². The van der Waals surface area contributed by atoms with Crippen molar-refractivity contribution in [1.82, 2.24) is 14.7 Å². The molecule has 1 fully saturated rings. The number of methoxy groups -OCH3 is 3. The van der Waals surface area contributed by atoms with Crippen molar-refractivity contribution in [3.05, 3.63) is 66.0 Å². The molecule has 0 aliphatic carbocycles. The molecule has 1 aliphatic rings. The average molecular weight is 407 g/mol. The van der Waals surface area contributed by atoms with Gasteiger partial charge in [-0.05, 0) is 37.1 Å². The Labute approximate surface area is 175 Å². The second-order valence-corrected chi connectivity index (χ2v) is 7.09. The highest BCUT2D eigenvalue weighted by molar-refractivity contribution is 5.95. The van der Waals surface area contributed by atoms with Crippen LogP contribution in [0.1, 0.15) is 34.9 Å². The lowest BCUT2D eigenvalue weighted by Gasteiger charge is -2.26. The molecule has 2 aromatic carbocycles. The third-order valence-electron chi connectivity index (χ3n) is 5.44. The second-order valence-electron chi connectivity index (χ2n) is 7.09. The lowest BCUT2D eigenvalue weighted by atomic mass is 10.0. The first-order chi connectivity index (χ1) is 14.7. The van der Waals surface area contributed by atoms with E-state index in [1.165, 1.54) is 0 Å². The molecule has 1 aromatic heterocycles. The first-order valence-electron chi connectivity index (χ1n) is 9.88. The van der Waals surface area contributed by atoms with Gasteiger partial charge in [0.25, 0.3) is 5.91 Å². The van der Waals surface area contributed by atoms with Gasteiger partial charge in [-0.25, -0.2) is 4.68 Å². The number of hydrogen-bond acceptors (Lipinski definition) is 5. The van der Waals surface area contributed by atoms with Crippen LogP contribution >= 0.6 is 0 Å². The number of nitrogens with zero attached hydrogens (tertiary/aromatic N) is 3. The quantitative estimate of drug-likeness (QED) is 0.621. The van der Waals surface area contributed by atoms with Gasteiger partial charge in [-0.15, -0.1) is 0 Å². The first kappa shape index (κ1) is 19.8. The molecule has 0 N–H and O–H groups in total. The summed E-state index contributed by atoms with van der Waals surface area (Å²) in [6.45, 7) is 0.653. The van der Waals surface area contributed by atoms with Crippen LogP contribution in [0.25, 0.3) is 5.69 Å². The molecule has 0 saturated carbocycles. The number of benzene rings is 2. The summed E-state index contributed by atoms with van der Waals surface area (Å²) in [5.41, 5.74) is 2.14. The molecule has 1 amide bonds. The highest BCUT2D eigenvalue weighted by Gasteiger charge is 2.35. The van der Waals surface area contributed by atoms with Crippen molar-refractivity contribution < 1.29 is 19.0 Å². The van der Waals surface area contributed by atoms with E-state index in [0.717, 1.165) is 29.8 Å². The number of amides is 1. The molecule has 0 bridgehead atoms. The number of carbonyl (C=O) groups excluding carboxylic acids is 1. The van der Waals surface area contributed by atoms with Crippen molar-refractivity contribution >= 4 is 5.91 Å². The third kappa shape index (κ3) is 3.58. The zero-order valence-corrected chi connectivity index (χ0v) is 17.4. The van der Waals surface area contributed by atoms with Gasteiger partial charge in [-0.3, -0.25) is 4.79 Å². The smallest absolute Gasteiger partial charge is 0.278 e. The predicted octanol–water partition coefficient (Wildman–Crippen LogP) is 3.88. The number of likely N-dealkylation sites (tertiary alicyclic amines) is 1. The van der Waals surface area contributed by atoms with Gasteiger partial charge in [0, 0.05) is 18.2 Å². The highest BCUT2D eigenvalue weighted by atomic mass is 16.5. The maximum atomic E-state index is 13.5. The molecule has 1 aliphatic heterocycles. The van der Waals surface area contributed by atoms with Crippen LogP contribution in [0.5, 0.6) is 17.2 Å². The summed E-state index contributed by atoms with van der Waals surface area (Å²) < 4.78 is 18.0.